The van der Waals surface area contributed by atoms with Gasteiger partial charge in [-0.25, -0.2) is 4.98 Å². The molecule has 1 saturated heterocycles. The summed E-state index contributed by atoms with van der Waals surface area (Å²) in [5.41, 5.74) is 4.25. The van der Waals surface area contributed by atoms with Gasteiger partial charge in [-0.2, -0.15) is 0 Å². The molecule has 148 valence electrons. The number of aromatic nitrogens is 3. The Bertz CT molecular complexity index is 802. The highest BCUT2D eigenvalue weighted by Crippen LogP contribution is 2.40. The number of hydrogen-bond donors (Lipinski definition) is 2. The molecule has 27 heavy (non-hydrogen) atoms. The van der Waals surface area contributed by atoms with E-state index >= 15 is 0 Å². The normalized spacial score (nSPS) is 27.5. The SMILES string of the molecule is Cn1c(C(C)(C)C)cc2ncc([C@H]3CCC[C@@H](C4CCC4)[C@H](CO)N3)nc21. The maximum atomic E-state index is 10.0. The average molecular weight is 371 g/mol. The third-order valence-corrected chi connectivity index (χ3v) is 6.79. The molecule has 0 unspecified atom stereocenters. The molecule has 2 N–H and O–H groups in total. The molecule has 2 aromatic rings. The number of aliphatic hydroxyl groups is 1. The summed E-state index contributed by atoms with van der Waals surface area (Å²) >= 11 is 0. The number of rotatable bonds is 3. The van der Waals surface area contributed by atoms with Crippen molar-refractivity contribution in [3.8, 4) is 0 Å². The lowest BCUT2D eigenvalue weighted by Gasteiger charge is -2.38. The molecule has 0 radical (unpaired) electrons. The molecule has 0 bridgehead atoms. The van der Waals surface area contributed by atoms with Crippen molar-refractivity contribution >= 4 is 11.2 Å². The Hall–Kier alpha value is -1.46. The van der Waals surface area contributed by atoms with Crippen LogP contribution in [0, 0.1) is 11.8 Å². The van der Waals surface area contributed by atoms with Gasteiger partial charge in [-0.1, -0.05) is 46.5 Å². The first-order chi connectivity index (χ1) is 12.9. The van der Waals surface area contributed by atoms with Gasteiger partial charge in [0.05, 0.1) is 24.5 Å². The second-order valence-corrected chi connectivity index (χ2v) is 9.64. The lowest BCUT2D eigenvalue weighted by Crippen LogP contribution is -2.44. The minimum absolute atomic E-state index is 0.0653. The van der Waals surface area contributed by atoms with Crippen LogP contribution >= 0.6 is 0 Å². The van der Waals surface area contributed by atoms with Crippen molar-refractivity contribution in [2.75, 3.05) is 6.61 Å². The lowest BCUT2D eigenvalue weighted by atomic mass is 9.71. The van der Waals surface area contributed by atoms with E-state index in [1.165, 1.54) is 37.8 Å². The standard InChI is InChI=1S/C22H34N4O/c1-22(2,3)20-11-17-21(26(20)4)25-18(12-23-17)16-10-6-9-15(14-7-5-8-14)19(13-27)24-16/h11-12,14-16,19,24,27H,5-10,13H2,1-4H3/t15-,16+,19-/m0/s1. The molecule has 3 atom stereocenters. The van der Waals surface area contributed by atoms with Crippen LogP contribution in [0.25, 0.3) is 11.2 Å². The molecule has 0 amide bonds. The van der Waals surface area contributed by atoms with Crippen molar-refractivity contribution < 1.29 is 5.11 Å². The molecule has 5 nitrogen and oxygen atoms in total. The highest BCUT2D eigenvalue weighted by Gasteiger charge is 2.36. The summed E-state index contributed by atoms with van der Waals surface area (Å²) in [6, 6.07) is 2.52. The molecule has 1 saturated carbocycles. The van der Waals surface area contributed by atoms with Crippen molar-refractivity contribution in [1.82, 2.24) is 19.9 Å². The van der Waals surface area contributed by atoms with E-state index in [4.69, 9.17) is 9.97 Å². The minimum atomic E-state index is 0.0653. The summed E-state index contributed by atoms with van der Waals surface area (Å²) in [7, 11) is 2.09. The molecule has 1 aliphatic heterocycles. The highest BCUT2D eigenvalue weighted by molar-refractivity contribution is 5.73. The van der Waals surface area contributed by atoms with E-state index in [0.717, 1.165) is 29.2 Å². The molecule has 4 rings (SSSR count). The lowest BCUT2D eigenvalue weighted by molar-refractivity contribution is 0.113. The number of nitrogens with zero attached hydrogens (tertiary/aromatic N) is 3. The number of aliphatic hydroxyl groups excluding tert-OH is 1. The molecule has 2 aliphatic rings. The number of aryl methyl sites for hydroxylation is 1. The Morgan fingerprint density at radius 3 is 2.56 bits per heavy atom. The van der Waals surface area contributed by atoms with Crippen LogP contribution in [0.2, 0.25) is 0 Å². The summed E-state index contributed by atoms with van der Waals surface area (Å²) in [5.74, 6) is 1.40. The second-order valence-electron chi connectivity index (χ2n) is 9.64. The van der Waals surface area contributed by atoms with Crippen molar-refractivity contribution in [2.24, 2.45) is 18.9 Å². The molecule has 5 heteroatoms. The van der Waals surface area contributed by atoms with Crippen molar-refractivity contribution in [3.63, 3.8) is 0 Å². The maximum absolute atomic E-state index is 10.0. The second kappa shape index (κ2) is 7.17. The zero-order valence-electron chi connectivity index (χ0n) is 17.2. The van der Waals surface area contributed by atoms with E-state index in [0.29, 0.717) is 5.92 Å². The smallest absolute Gasteiger partial charge is 0.158 e. The van der Waals surface area contributed by atoms with E-state index in [2.05, 4.69) is 43.8 Å². The van der Waals surface area contributed by atoms with E-state index in [1.54, 1.807) is 0 Å². The number of nitrogens with one attached hydrogen (secondary N) is 1. The predicted molar refractivity (Wildman–Crippen MR) is 109 cm³/mol. The molecule has 1 aliphatic carbocycles. The van der Waals surface area contributed by atoms with Gasteiger partial charge in [0.2, 0.25) is 0 Å². The van der Waals surface area contributed by atoms with Crippen LogP contribution in [0.4, 0.5) is 0 Å². The first kappa shape index (κ1) is 18.9. The van der Waals surface area contributed by atoms with E-state index < -0.39 is 0 Å². The van der Waals surface area contributed by atoms with Gasteiger partial charge in [0.25, 0.3) is 0 Å². The fourth-order valence-electron chi connectivity index (χ4n) is 5.06. The summed E-state index contributed by atoms with van der Waals surface area (Å²) in [6.45, 7) is 6.88. The molecule has 0 spiro atoms. The van der Waals surface area contributed by atoms with Gasteiger partial charge in [0.1, 0.15) is 5.52 Å². The molecule has 2 aromatic heterocycles. The predicted octanol–water partition coefficient (Wildman–Crippen LogP) is 3.86. The number of hydrogen-bond acceptors (Lipinski definition) is 4. The van der Waals surface area contributed by atoms with Crippen molar-refractivity contribution in [3.05, 3.63) is 23.7 Å². The quantitative estimate of drug-likeness (QED) is 0.861. The first-order valence-electron chi connectivity index (χ1n) is 10.6. The molecular formula is C22H34N4O. The van der Waals surface area contributed by atoms with Gasteiger partial charge >= 0.3 is 0 Å². The number of fused-ring (bicyclic) bond motifs is 1. The zero-order chi connectivity index (χ0) is 19.2. The van der Waals surface area contributed by atoms with Gasteiger partial charge in [-0.05, 0) is 30.7 Å². The van der Waals surface area contributed by atoms with Crippen LogP contribution in [0.1, 0.15) is 76.7 Å². The Labute approximate surface area is 162 Å². The Balaban J connectivity index is 1.62. The monoisotopic (exact) mass is 370 g/mol. The van der Waals surface area contributed by atoms with Gasteiger partial charge < -0.3 is 15.0 Å². The largest absolute Gasteiger partial charge is 0.395 e. The molecule has 0 aromatic carbocycles. The summed E-state index contributed by atoms with van der Waals surface area (Å²) in [5, 5.41) is 13.8. The average Bonchev–Trinajstić information content (AvgIpc) is 2.78. The maximum Gasteiger partial charge on any atom is 0.158 e. The Morgan fingerprint density at radius 2 is 1.93 bits per heavy atom. The minimum Gasteiger partial charge on any atom is -0.395 e. The summed E-state index contributed by atoms with van der Waals surface area (Å²) in [6.07, 6.45) is 9.43. The third kappa shape index (κ3) is 3.52. The zero-order valence-corrected chi connectivity index (χ0v) is 17.2. The van der Waals surface area contributed by atoms with E-state index in [-0.39, 0.29) is 24.1 Å². The Morgan fingerprint density at radius 1 is 1.19 bits per heavy atom. The van der Waals surface area contributed by atoms with Gasteiger partial charge in [0, 0.05) is 24.2 Å². The van der Waals surface area contributed by atoms with Crippen LogP contribution < -0.4 is 5.32 Å². The fourth-order valence-corrected chi connectivity index (χ4v) is 5.06. The first-order valence-corrected chi connectivity index (χ1v) is 10.6. The van der Waals surface area contributed by atoms with Gasteiger partial charge in [-0.3, -0.25) is 4.98 Å². The van der Waals surface area contributed by atoms with Crippen molar-refractivity contribution in [2.45, 2.75) is 76.8 Å². The van der Waals surface area contributed by atoms with E-state index in [1.807, 2.05) is 6.20 Å². The Kier molecular flexibility index (Phi) is 5.02. The molecular weight excluding hydrogens is 336 g/mol. The highest BCUT2D eigenvalue weighted by atomic mass is 16.3. The van der Waals surface area contributed by atoms with E-state index in [9.17, 15) is 5.11 Å². The van der Waals surface area contributed by atoms with Crippen LogP contribution in [-0.4, -0.2) is 32.3 Å². The molecule has 2 fully saturated rings. The summed E-state index contributed by atoms with van der Waals surface area (Å²) < 4.78 is 2.18. The third-order valence-electron chi connectivity index (χ3n) is 6.79. The topological polar surface area (TPSA) is 63.0 Å². The van der Waals surface area contributed by atoms with Crippen LogP contribution in [0.15, 0.2) is 12.3 Å². The molecule has 3 heterocycles. The fraction of sp³-hybridized carbons (Fsp3) is 0.727. The van der Waals surface area contributed by atoms with Crippen LogP contribution in [-0.2, 0) is 12.5 Å². The summed E-state index contributed by atoms with van der Waals surface area (Å²) in [4.78, 5) is 9.73. The van der Waals surface area contributed by atoms with Gasteiger partial charge in [0.15, 0.2) is 5.65 Å². The van der Waals surface area contributed by atoms with Gasteiger partial charge in [-0.15, -0.1) is 0 Å². The van der Waals surface area contributed by atoms with Crippen LogP contribution in [0.3, 0.4) is 0 Å². The van der Waals surface area contributed by atoms with Crippen LogP contribution in [0.5, 0.6) is 0 Å². The van der Waals surface area contributed by atoms with Crippen molar-refractivity contribution in [1.29, 1.82) is 0 Å².